The number of rotatable bonds is 5. The smallest absolute Gasteiger partial charge is 0.453 e. The number of ether oxygens (including phenoxy) is 3. The van der Waals surface area contributed by atoms with Crippen molar-refractivity contribution in [2.24, 2.45) is 5.92 Å². The lowest BCUT2D eigenvalue weighted by Crippen LogP contribution is -2.35. The summed E-state index contributed by atoms with van der Waals surface area (Å²) in [6.45, 7) is 0. The van der Waals surface area contributed by atoms with Crippen molar-refractivity contribution in [3.63, 3.8) is 0 Å². The van der Waals surface area contributed by atoms with E-state index in [0.29, 0.717) is 41.7 Å². The van der Waals surface area contributed by atoms with E-state index in [-0.39, 0.29) is 23.5 Å². The fourth-order valence-electron chi connectivity index (χ4n) is 5.74. The molecule has 3 aromatic rings. The van der Waals surface area contributed by atoms with Crippen molar-refractivity contribution >= 4 is 5.97 Å². The first kappa shape index (κ1) is 24.2. The predicted molar refractivity (Wildman–Crippen MR) is 120 cm³/mol. The Morgan fingerprint density at radius 2 is 1.86 bits per heavy atom. The summed E-state index contributed by atoms with van der Waals surface area (Å²) in [4.78, 5) is 12.7. The van der Waals surface area contributed by atoms with Crippen LogP contribution in [-0.4, -0.2) is 46.0 Å². The van der Waals surface area contributed by atoms with Crippen LogP contribution in [0.5, 0.6) is 5.75 Å². The first-order chi connectivity index (χ1) is 17.3. The second kappa shape index (κ2) is 9.20. The molecule has 0 N–H and O–H groups in total. The monoisotopic (exact) mass is 502 g/mol. The quantitative estimate of drug-likeness (QED) is 0.470. The second-order valence-electron chi connectivity index (χ2n) is 9.10. The number of aromatic nitrogens is 4. The lowest BCUT2D eigenvalue weighted by Gasteiger charge is -2.34. The highest BCUT2D eigenvalue weighted by atomic mass is 19.4. The molecule has 11 heteroatoms. The third-order valence-corrected chi connectivity index (χ3v) is 7.24. The molecule has 2 aromatic carbocycles. The zero-order valence-corrected chi connectivity index (χ0v) is 19.7. The van der Waals surface area contributed by atoms with E-state index in [1.807, 2.05) is 30.3 Å². The molecule has 2 fully saturated rings. The van der Waals surface area contributed by atoms with Crippen LogP contribution in [0.1, 0.15) is 54.7 Å². The Labute approximate surface area is 205 Å². The van der Waals surface area contributed by atoms with E-state index in [1.54, 1.807) is 12.1 Å². The van der Waals surface area contributed by atoms with Gasteiger partial charge in [-0.3, -0.25) is 4.79 Å². The fraction of sp³-hybridized carbons (Fsp3) is 0.440. The SMILES string of the molecule is COC(=O)[C@H]1CC[C@@]2(CC[C@H](c3cc(-n4nnnc4C(F)(F)F)ccc3OC)O2)C1c1ccccc1. The van der Waals surface area contributed by atoms with Gasteiger partial charge in [0.05, 0.1) is 37.5 Å². The number of halogens is 3. The molecule has 1 aromatic heterocycles. The zero-order chi connectivity index (χ0) is 25.5. The molecule has 1 saturated carbocycles. The van der Waals surface area contributed by atoms with Gasteiger partial charge in [-0.2, -0.15) is 17.9 Å². The number of alkyl halides is 3. The average Bonchev–Trinajstić information content (AvgIpc) is 3.63. The Morgan fingerprint density at radius 3 is 2.56 bits per heavy atom. The first-order valence-corrected chi connectivity index (χ1v) is 11.6. The van der Waals surface area contributed by atoms with Crippen molar-refractivity contribution in [1.29, 1.82) is 0 Å². The molecule has 1 unspecified atom stereocenters. The lowest BCUT2D eigenvalue weighted by molar-refractivity contribution is -0.147. The van der Waals surface area contributed by atoms with E-state index in [2.05, 4.69) is 15.5 Å². The topological polar surface area (TPSA) is 88.4 Å². The van der Waals surface area contributed by atoms with Crippen LogP contribution in [-0.2, 0) is 20.4 Å². The number of hydrogen-bond acceptors (Lipinski definition) is 7. The third-order valence-electron chi connectivity index (χ3n) is 7.24. The minimum absolute atomic E-state index is 0.145. The molecule has 4 atom stereocenters. The normalized spacial score (nSPS) is 25.9. The molecule has 36 heavy (non-hydrogen) atoms. The number of nitrogens with zero attached hydrogens (tertiary/aromatic N) is 4. The van der Waals surface area contributed by atoms with Crippen LogP contribution in [0.3, 0.4) is 0 Å². The molecule has 2 heterocycles. The first-order valence-electron chi connectivity index (χ1n) is 11.6. The van der Waals surface area contributed by atoms with Crippen LogP contribution in [0.25, 0.3) is 5.69 Å². The van der Waals surface area contributed by atoms with Crippen LogP contribution in [0.2, 0.25) is 0 Å². The lowest BCUT2D eigenvalue weighted by atomic mass is 9.78. The minimum atomic E-state index is -4.72. The molecular weight excluding hydrogens is 477 g/mol. The molecule has 0 radical (unpaired) electrons. The zero-order valence-electron chi connectivity index (χ0n) is 19.7. The van der Waals surface area contributed by atoms with Crippen molar-refractivity contribution in [2.75, 3.05) is 14.2 Å². The molecule has 190 valence electrons. The summed E-state index contributed by atoms with van der Waals surface area (Å²) in [6, 6.07) is 14.4. The molecular formula is C25H25F3N4O4. The largest absolute Gasteiger partial charge is 0.496 e. The molecule has 1 aliphatic heterocycles. The van der Waals surface area contributed by atoms with Gasteiger partial charge < -0.3 is 14.2 Å². The van der Waals surface area contributed by atoms with Gasteiger partial charge in [-0.1, -0.05) is 30.3 Å². The van der Waals surface area contributed by atoms with Crippen molar-refractivity contribution in [2.45, 2.75) is 49.5 Å². The number of hydrogen-bond donors (Lipinski definition) is 0. The minimum Gasteiger partial charge on any atom is -0.496 e. The van der Waals surface area contributed by atoms with Gasteiger partial charge in [-0.05, 0) is 59.9 Å². The average molecular weight is 502 g/mol. The highest BCUT2D eigenvalue weighted by Gasteiger charge is 2.56. The highest BCUT2D eigenvalue weighted by molar-refractivity contribution is 5.74. The van der Waals surface area contributed by atoms with Crippen molar-refractivity contribution in [3.05, 3.63) is 65.5 Å². The van der Waals surface area contributed by atoms with Gasteiger partial charge >= 0.3 is 12.1 Å². The molecule has 1 spiro atoms. The van der Waals surface area contributed by atoms with Gasteiger partial charge in [-0.15, -0.1) is 5.10 Å². The fourth-order valence-corrected chi connectivity index (χ4v) is 5.74. The van der Waals surface area contributed by atoms with Gasteiger partial charge in [0, 0.05) is 11.5 Å². The van der Waals surface area contributed by atoms with Gasteiger partial charge in [-0.25, -0.2) is 0 Å². The third kappa shape index (κ3) is 4.11. The number of benzene rings is 2. The molecule has 0 bridgehead atoms. The van der Waals surface area contributed by atoms with E-state index in [4.69, 9.17) is 14.2 Å². The number of carbonyl (C=O) groups excluding carboxylic acids is 1. The summed E-state index contributed by atoms with van der Waals surface area (Å²) in [6.07, 6.45) is -2.59. The molecule has 5 rings (SSSR count). The summed E-state index contributed by atoms with van der Waals surface area (Å²) in [7, 11) is 2.88. The summed E-state index contributed by atoms with van der Waals surface area (Å²) in [5, 5.41) is 9.88. The predicted octanol–water partition coefficient (Wildman–Crippen LogP) is 4.65. The molecule has 8 nitrogen and oxygen atoms in total. The Kier molecular flexibility index (Phi) is 6.19. The summed E-state index contributed by atoms with van der Waals surface area (Å²) >= 11 is 0. The Hall–Kier alpha value is -3.47. The highest BCUT2D eigenvalue weighted by Crippen LogP contribution is 2.58. The Balaban J connectivity index is 1.51. The Bertz CT molecular complexity index is 1250. The number of methoxy groups -OCH3 is 2. The number of tetrazole rings is 1. The maximum atomic E-state index is 13.4. The van der Waals surface area contributed by atoms with Crippen LogP contribution in [0.15, 0.2) is 48.5 Å². The van der Waals surface area contributed by atoms with Crippen LogP contribution in [0, 0.1) is 5.92 Å². The van der Waals surface area contributed by atoms with Crippen molar-refractivity contribution in [1.82, 2.24) is 20.2 Å². The summed E-state index contributed by atoms with van der Waals surface area (Å²) in [5.41, 5.74) is 1.13. The van der Waals surface area contributed by atoms with Crippen molar-refractivity contribution < 1.29 is 32.2 Å². The van der Waals surface area contributed by atoms with E-state index in [1.165, 1.54) is 20.3 Å². The maximum absolute atomic E-state index is 13.4. The second-order valence-corrected chi connectivity index (χ2v) is 9.10. The maximum Gasteiger partial charge on any atom is 0.453 e. The summed E-state index contributed by atoms with van der Waals surface area (Å²) < 4.78 is 58.2. The van der Waals surface area contributed by atoms with E-state index in [0.717, 1.165) is 5.56 Å². The molecule has 2 aliphatic rings. The van der Waals surface area contributed by atoms with Crippen LogP contribution >= 0.6 is 0 Å². The number of esters is 1. The van der Waals surface area contributed by atoms with Crippen LogP contribution < -0.4 is 4.74 Å². The van der Waals surface area contributed by atoms with E-state index >= 15 is 0 Å². The van der Waals surface area contributed by atoms with Gasteiger partial charge in [0.1, 0.15) is 5.75 Å². The molecule has 1 aliphatic carbocycles. The van der Waals surface area contributed by atoms with Gasteiger partial charge in [0.15, 0.2) is 0 Å². The van der Waals surface area contributed by atoms with Gasteiger partial charge in [0.2, 0.25) is 0 Å². The van der Waals surface area contributed by atoms with Gasteiger partial charge in [0.25, 0.3) is 5.82 Å². The molecule has 0 amide bonds. The van der Waals surface area contributed by atoms with E-state index < -0.39 is 23.7 Å². The van der Waals surface area contributed by atoms with E-state index in [9.17, 15) is 18.0 Å². The van der Waals surface area contributed by atoms with Crippen molar-refractivity contribution in [3.8, 4) is 11.4 Å². The number of carbonyl (C=O) groups is 1. The molecule has 1 saturated heterocycles. The Morgan fingerprint density at radius 1 is 1.11 bits per heavy atom. The summed E-state index contributed by atoms with van der Waals surface area (Å²) in [5.74, 6) is -1.56. The standard InChI is InChI=1S/C25H25F3N4O4/c1-34-19-9-8-16(32-23(25(26,27)28)29-30-31-32)14-18(19)20-11-13-24(36-20)12-10-17(22(33)35-2)21(24)15-6-4-3-5-7-15/h3-9,14,17,20-21H,10-13H2,1-2H3/t17-,20+,21?,24+/m0/s1. The van der Waals surface area contributed by atoms with Crippen LogP contribution in [0.4, 0.5) is 13.2 Å².